The fourth-order valence-electron chi connectivity index (χ4n) is 2.37. The Balaban J connectivity index is 2.71. The molecule has 0 aliphatic rings. The maximum Gasteiger partial charge on any atom is 0.137 e. The van der Waals surface area contributed by atoms with Gasteiger partial charge in [-0.15, -0.1) is 0 Å². The summed E-state index contributed by atoms with van der Waals surface area (Å²) in [5, 5.41) is 1.23. The van der Waals surface area contributed by atoms with Crippen LogP contribution in [0.15, 0.2) is 28.9 Å². The van der Waals surface area contributed by atoms with E-state index in [-0.39, 0.29) is 10.8 Å². The third-order valence-corrected chi connectivity index (χ3v) is 4.83. The molecule has 2 aromatic rings. The quantitative estimate of drug-likeness (QED) is 0.674. The van der Waals surface area contributed by atoms with E-state index in [0.717, 1.165) is 18.4 Å². The minimum absolute atomic E-state index is 0.149. The van der Waals surface area contributed by atoms with Crippen molar-refractivity contribution in [3.63, 3.8) is 0 Å². The van der Waals surface area contributed by atoms with Gasteiger partial charge in [-0.1, -0.05) is 47.6 Å². The molecular formula is C18H26O. The molecule has 0 N–H and O–H groups in total. The number of hydrogen-bond donors (Lipinski definition) is 0. The predicted octanol–water partition coefficient (Wildman–Crippen LogP) is 5.81. The number of fused-ring (bicyclic) bond motifs is 1. The third-order valence-electron chi connectivity index (χ3n) is 4.83. The van der Waals surface area contributed by atoms with Gasteiger partial charge in [-0.2, -0.15) is 0 Å². The highest BCUT2D eigenvalue weighted by Gasteiger charge is 2.26. The molecule has 0 radical (unpaired) electrons. The van der Waals surface area contributed by atoms with E-state index in [1.54, 1.807) is 0 Å². The van der Waals surface area contributed by atoms with Crippen molar-refractivity contribution in [1.82, 2.24) is 0 Å². The van der Waals surface area contributed by atoms with Gasteiger partial charge in [0.1, 0.15) is 5.58 Å². The second kappa shape index (κ2) is 4.70. The maximum absolute atomic E-state index is 5.74. The van der Waals surface area contributed by atoms with Crippen LogP contribution >= 0.6 is 0 Å². The lowest BCUT2D eigenvalue weighted by Crippen LogP contribution is -2.20. The first-order chi connectivity index (χ1) is 8.81. The summed E-state index contributed by atoms with van der Waals surface area (Å²) in [6.45, 7) is 13.7. The largest absolute Gasteiger partial charge is 0.464 e. The SMILES string of the molecule is CCC(C)(C)c1cc(C(C)(C)CC)c2occc2c1. The van der Waals surface area contributed by atoms with Gasteiger partial charge in [0.25, 0.3) is 0 Å². The second-order valence-corrected chi connectivity index (χ2v) is 6.84. The molecule has 19 heavy (non-hydrogen) atoms. The fourth-order valence-corrected chi connectivity index (χ4v) is 2.37. The van der Waals surface area contributed by atoms with Gasteiger partial charge in [0, 0.05) is 10.9 Å². The molecular weight excluding hydrogens is 232 g/mol. The average Bonchev–Trinajstić information content (AvgIpc) is 2.85. The van der Waals surface area contributed by atoms with Gasteiger partial charge in [0.05, 0.1) is 6.26 Å². The molecule has 0 unspecified atom stereocenters. The van der Waals surface area contributed by atoms with E-state index in [1.165, 1.54) is 16.5 Å². The van der Waals surface area contributed by atoms with Crippen LogP contribution in [0, 0.1) is 0 Å². The van der Waals surface area contributed by atoms with Gasteiger partial charge in [0.15, 0.2) is 0 Å². The third kappa shape index (κ3) is 2.43. The highest BCUT2D eigenvalue weighted by atomic mass is 16.3. The zero-order valence-corrected chi connectivity index (χ0v) is 13.1. The van der Waals surface area contributed by atoms with Gasteiger partial charge >= 0.3 is 0 Å². The van der Waals surface area contributed by atoms with E-state index >= 15 is 0 Å². The van der Waals surface area contributed by atoms with Gasteiger partial charge in [-0.25, -0.2) is 0 Å². The Morgan fingerprint density at radius 1 is 0.947 bits per heavy atom. The standard InChI is InChI=1S/C18H26O/c1-7-17(3,4)14-11-13-9-10-19-16(13)15(12-14)18(5,6)8-2/h9-12H,7-8H2,1-6H3. The molecule has 0 aliphatic heterocycles. The summed E-state index contributed by atoms with van der Waals surface area (Å²) in [7, 11) is 0. The lowest BCUT2D eigenvalue weighted by molar-refractivity contribution is 0.483. The Bertz CT molecular complexity index is 572. The van der Waals surface area contributed by atoms with E-state index in [0.29, 0.717) is 0 Å². The second-order valence-electron chi connectivity index (χ2n) is 6.84. The molecule has 104 valence electrons. The molecule has 1 aromatic heterocycles. The Hall–Kier alpha value is -1.24. The van der Waals surface area contributed by atoms with Crippen LogP contribution in [-0.2, 0) is 10.8 Å². The number of hydrogen-bond acceptors (Lipinski definition) is 1. The fraction of sp³-hybridized carbons (Fsp3) is 0.556. The number of furan rings is 1. The summed E-state index contributed by atoms with van der Waals surface area (Å²) in [6.07, 6.45) is 4.06. The van der Waals surface area contributed by atoms with Crippen LogP contribution < -0.4 is 0 Å². The first-order valence-electron chi connectivity index (χ1n) is 7.34. The molecule has 0 saturated carbocycles. The molecule has 1 nitrogen and oxygen atoms in total. The van der Waals surface area contributed by atoms with Crippen molar-refractivity contribution < 1.29 is 4.42 Å². The normalized spacial score (nSPS) is 13.2. The average molecular weight is 258 g/mol. The van der Waals surface area contributed by atoms with Crippen LogP contribution in [0.3, 0.4) is 0 Å². The monoisotopic (exact) mass is 258 g/mol. The summed E-state index contributed by atoms with van der Waals surface area (Å²) in [5.74, 6) is 0. The Morgan fingerprint density at radius 3 is 2.16 bits per heavy atom. The lowest BCUT2D eigenvalue weighted by atomic mass is 9.76. The van der Waals surface area contributed by atoms with Crippen molar-refractivity contribution in [3.8, 4) is 0 Å². The summed E-state index contributed by atoms with van der Waals surface area (Å²) < 4.78 is 5.74. The molecule has 0 amide bonds. The molecule has 0 saturated heterocycles. The Kier molecular flexibility index (Phi) is 3.51. The van der Waals surface area contributed by atoms with Crippen LogP contribution in [0.2, 0.25) is 0 Å². The van der Waals surface area contributed by atoms with Crippen LogP contribution in [-0.4, -0.2) is 0 Å². The summed E-state index contributed by atoms with van der Waals surface area (Å²) >= 11 is 0. The molecule has 1 heteroatoms. The Labute approximate surface area is 117 Å². The topological polar surface area (TPSA) is 13.1 Å². The molecule has 2 rings (SSSR count). The molecule has 0 spiro atoms. The molecule has 1 aromatic carbocycles. The predicted molar refractivity (Wildman–Crippen MR) is 82.8 cm³/mol. The zero-order chi connectivity index (χ0) is 14.3. The van der Waals surface area contributed by atoms with Crippen LogP contribution in [0.4, 0.5) is 0 Å². The van der Waals surface area contributed by atoms with Crippen molar-refractivity contribution >= 4 is 11.0 Å². The molecule has 0 fully saturated rings. The van der Waals surface area contributed by atoms with Crippen LogP contribution in [0.5, 0.6) is 0 Å². The van der Waals surface area contributed by atoms with Crippen molar-refractivity contribution in [2.45, 2.75) is 65.2 Å². The minimum atomic E-state index is 0.149. The summed E-state index contributed by atoms with van der Waals surface area (Å²) in [6, 6.07) is 6.73. The minimum Gasteiger partial charge on any atom is -0.464 e. The summed E-state index contributed by atoms with van der Waals surface area (Å²) in [4.78, 5) is 0. The summed E-state index contributed by atoms with van der Waals surface area (Å²) in [5.41, 5.74) is 4.18. The number of rotatable bonds is 4. The van der Waals surface area contributed by atoms with Crippen molar-refractivity contribution in [3.05, 3.63) is 35.6 Å². The van der Waals surface area contributed by atoms with E-state index in [2.05, 4.69) is 59.7 Å². The lowest BCUT2D eigenvalue weighted by Gasteiger charge is -2.28. The Morgan fingerprint density at radius 2 is 1.58 bits per heavy atom. The molecule has 0 bridgehead atoms. The highest BCUT2D eigenvalue weighted by molar-refractivity contribution is 5.82. The van der Waals surface area contributed by atoms with Crippen LogP contribution in [0.25, 0.3) is 11.0 Å². The van der Waals surface area contributed by atoms with Crippen molar-refractivity contribution in [2.24, 2.45) is 0 Å². The molecule has 1 heterocycles. The van der Waals surface area contributed by atoms with Gasteiger partial charge in [0.2, 0.25) is 0 Å². The van der Waals surface area contributed by atoms with Gasteiger partial charge in [-0.05, 0) is 41.4 Å². The van der Waals surface area contributed by atoms with E-state index in [1.807, 2.05) is 6.26 Å². The molecule has 0 aliphatic carbocycles. The van der Waals surface area contributed by atoms with E-state index in [9.17, 15) is 0 Å². The van der Waals surface area contributed by atoms with Crippen molar-refractivity contribution in [1.29, 1.82) is 0 Å². The van der Waals surface area contributed by atoms with Gasteiger partial charge in [-0.3, -0.25) is 0 Å². The smallest absolute Gasteiger partial charge is 0.137 e. The van der Waals surface area contributed by atoms with E-state index < -0.39 is 0 Å². The van der Waals surface area contributed by atoms with E-state index in [4.69, 9.17) is 4.42 Å². The van der Waals surface area contributed by atoms with Gasteiger partial charge < -0.3 is 4.42 Å². The number of benzene rings is 1. The highest BCUT2D eigenvalue weighted by Crippen LogP contribution is 2.38. The zero-order valence-electron chi connectivity index (χ0n) is 13.1. The van der Waals surface area contributed by atoms with Crippen LogP contribution in [0.1, 0.15) is 65.5 Å². The maximum atomic E-state index is 5.74. The van der Waals surface area contributed by atoms with Crippen molar-refractivity contribution in [2.75, 3.05) is 0 Å². The first kappa shape index (κ1) is 14.2. The molecule has 0 atom stereocenters. The first-order valence-corrected chi connectivity index (χ1v) is 7.34.